The summed E-state index contributed by atoms with van der Waals surface area (Å²) < 4.78 is 22.1. The molecule has 13 rings (SSSR count). The van der Waals surface area contributed by atoms with E-state index in [9.17, 15) is 57.9 Å². The quantitative estimate of drug-likeness (QED) is 0.00844. The van der Waals surface area contributed by atoms with Gasteiger partial charge in [-0.05, 0) is 185 Å². The zero-order valence-corrected chi connectivity index (χ0v) is 84.0. The normalized spacial score (nSPS) is 10.6. The number of aromatic hydroxyl groups is 1. The van der Waals surface area contributed by atoms with Gasteiger partial charge in [0.2, 0.25) is 11.1 Å². The molecule has 2 N–H and O–H groups in total. The van der Waals surface area contributed by atoms with Crippen LogP contribution in [0.4, 0.5) is 10.1 Å². The number of nitrogens with zero attached hydrogens (tertiary/aromatic N) is 7. The number of ketones is 8. The second-order valence-electron chi connectivity index (χ2n) is 30.7. The number of carbonyl (C=O) groups excluding carboxylic acids is 8. The van der Waals surface area contributed by atoms with Crippen molar-refractivity contribution in [2.75, 3.05) is 58.3 Å². The van der Waals surface area contributed by atoms with E-state index in [4.69, 9.17) is 38.0 Å². The fourth-order valence-corrected chi connectivity index (χ4v) is 15.5. The Morgan fingerprint density at radius 3 is 1.56 bits per heavy atom. The number of nitriles is 2. The number of imidazole rings is 1. The molecule has 9 aromatic carbocycles. The predicted molar refractivity (Wildman–Crippen MR) is 557 cm³/mol. The van der Waals surface area contributed by atoms with Gasteiger partial charge in [-0.2, -0.15) is 98.9 Å². The number of anilines is 1. The zero-order valence-electron chi connectivity index (χ0n) is 74.6. The Bertz CT molecular complexity index is 6350. The minimum Gasteiger partial charge on any atom is -0.506 e. The molecular weight excluding hydrogens is 1920 g/mol. The van der Waals surface area contributed by atoms with E-state index in [-0.39, 0.29) is 140 Å². The SMILES string of the molecule is CCN(CC)c1ccc(CC(=O)CS)c(C)c1.Cc1ccc(C(CC(=O)CS)(c2ccc(C)cc2)c2ccc(C)cc2)cc1.Cc1ncc(CO)c(CCC(=O)CS)c1O.Cn1c(CC(=O)CS)nc2ccccc21.N#Cc1cc2c(=O)c3cc(Br)ccc3oc2nc1CC(=O)CS.N#Cc1ccc(Cl)cc1CC(=O)CS.O=C(CS)Cc1ccc(Cl)cc1C(=O)c1ccccc1F. The van der Waals surface area contributed by atoms with Crippen molar-refractivity contribution in [3.8, 4) is 17.9 Å². The first-order valence-electron chi connectivity index (χ1n) is 42.0. The fraction of sp³-hybridized carbons (Fsp3) is 0.262. The van der Waals surface area contributed by atoms with E-state index in [2.05, 4.69) is 257 Å². The van der Waals surface area contributed by atoms with Gasteiger partial charge in [0.15, 0.2) is 5.78 Å². The number of hydrogen-bond donors (Lipinski definition) is 9. The summed E-state index contributed by atoms with van der Waals surface area (Å²) in [5.41, 5.74) is 16.3. The van der Waals surface area contributed by atoms with Gasteiger partial charge in [-0.3, -0.25) is 48.1 Å². The van der Waals surface area contributed by atoms with Crippen molar-refractivity contribution in [3.63, 3.8) is 0 Å². The number of benzene rings is 9. The van der Waals surface area contributed by atoms with Crippen molar-refractivity contribution in [1.29, 1.82) is 10.5 Å². The molecule has 0 fully saturated rings. The summed E-state index contributed by atoms with van der Waals surface area (Å²) in [6.07, 6.45) is 3.75. The van der Waals surface area contributed by atoms with E-state index in [1.807, 2.05) is 48.0 Å². The molecule has 0 aliphatic heterocycles. The monoisotopic (exact) mass is 2020 g/mol. The lowest BCUT2D eigenvalue weighted by Gasteiger charge is -2.36. The lowest BCUT2D eigenvalue weighted by molar-refractivity contribution is -0.118. The minimum atomic E-state index is -0.603. The van der Waals surface area contributed by atoms with Gasteiger partial charge in [-0.25, -0.2) is 14.4 Å². The van der Waals surface area contributed by atoms with Crippen LogP contribution < -0.4 is 10.3 Å². The van der Waals surface area contributed by atoms with Gasteiger partial charge in [0.1, 0.15) is 69.5 Å². The van der Waals surface area contributed by atoms with E-state index in [1.54, 1.807) is 61.5 Å². The van der Waals surface area contributed by atoms with Crippen molar-refractivity contribution < 1.29 is 57.4 Å². The van der Waals surface area contributed by atoms with Gasteiger partial charge in [0.05, 0.1) is 80.8 Å². The minimum absolute atomic E-state index is 0.0149. The molecule has 0 aliphatic carbocycles. The molecule has 0 atom stereocenters. The summed E-state index contributed by atoms with van der Waals surface area (Å²) >= 11 is 42.8. The Balaban J connectivity index is 0.000000214. The molecule has 133 heavy (non-hydrogen) atoms. The van der Waals surface area contributed by atoms with Crippen molar-refractivity contribution >= 4 is 213 Å². The molecule has 0 saturated heterocycles. The molecule has 0 spiro atoms. The summed E-state index contributed by atoms with van der Waals surface area (Å²) in [6, 6.07) is 65.6. The Morgan fingerprint density at radius 2 is 1.04 bits per heavy atom. The topological polar surface area (TPSA) is 302 Å². The molecular formula is C103H103BrCl2FN7O12S7. The Kier molecular flexibility index (Phi) is 45.1. The lowest BCUT2D eigenvalue weighted by Crippen LogP contribution is -2.33. The van der Waals surface area contributed by atoms with Crippen molar-refractivity contribution in [2.45, 2.75) is 112 Å². The van der Waals surface area contributed by atoms with Crippen LogP contribution in [-0.4, -0.2) is 129 Å². The van der Waals surface area contributed by atoms with Crippen LogP contribution >= 0.6 is 128 Å². The van der Waals surface area contributed by atoms with E-state index in [1.165, 1.54) is 64.5 Å². The molecule has 692 valence electrons. The number of pyridine rings is 2. The molecule has 0 bridgehead atoms. The number of rotatable bonds is 31. The fourth-order valence-electron chi connectivity index (χ4n) is 14.0. The lowest BCUT2D eigenvalue weighted by atomic mass is 9.66. The molecule has 0 radical (unpaired) electrons. The Labute approximate surface area is 831 Å². The van der Waals surface area contributed by atoms with Crippen LogP contribution in [0.1, 0.15) is 138 Å². The average molecular weight is 2030 g/mol. The van der Waals surface area contributed by atoms with Crippen LogP contribution in [0.5, 0.6) is 5.75 Å². The van der Waals surface area contributed by atoms with Crippen LogP contribution in [0.25, 0.3) is 33.1 Å². The molecule has 13 aromatic rings. The first kappa shape index (κ1) is 110. The maximum atomic E-state index is 13.8. The second-order valence-corrected chi connectivity index (χ2v) is 34.7. The van der Waals surface area contributed by atoms with Gasteiger partial charge in [-0.15, -0.1) is 0 Å². The number of fused-ring (bicyclic) bond motifs is 3. The van der Waals surface area contributed by atoms with Gasteiger partial charge < -0.3 is 24.1 Å². The molecule has 19 nitrogen and oxygen atoms in total. The number of Topliss-reactive ketones (excluding diaryl/α,β-unsaturated/α-hetero) is 7. The van der Waals surface area contributed by atoms with Crippen LogP contribution in [0.3, 0.4) is 0 Å². The molecule has 0 saturated carbocycles. The number of halogens is 4. The number of para-hydroxylation sites is 2. The van der Waals surface area contributed by atoms with Crippen molar-refractivity contribution in [1.82, 2.24) is 19.5 Å². The van der Waals surface area contributed by atoms with Crippen LogP contribution in [0.2, 0.25) is 10.0 Å². The molecule has 0 unspecified atom stereocenters. The van der Waals surface area contributed by atoms with Crippen LogP contribution in [0, 0.1) is 63.1 Å². The van der Waals surface area contributed by atoms with E-state index in [0.717, 1.165) is 56.7 Å². The first-order valence-corrected chi connectivity index (χ1v) is 47.9. The number of aryl methyl sites for hydroxylation is 6. The first-order chi connectivity index (χ1) is 63.6. The van der Waals surface area contributed by atoms with Crippen LogP contribution in [0.15, 0.2) is 220 Å². The number of thiol groups is 7. The summed E-state index contributed by atoms with van der Waals surface area (Å²) in [6.45, 7) is 16.1. The molecule has 0 aliphatic rings. The highest BCUT2D eigenvalue weighted by molar-refractivity contribution is 9.10. The Hall–Kier alpha value is -10.4. The highest BCUT2D eigenvalue weighted by Gasteiger charge is 2.38. The van der Waals surface area contributed by atoms with Crippen molar-refractivity contribution in [3.05, 3.63) is 343 Å². The predicted octanol–water partition coefficient (Wildman–Crippen LogP) is 20.4. The highest BCUT2D eigenvalue weighted by Crippen LogP contribution is 2.43. The molecule has 30 heteroatoms. The zero-order chi connectivity index (χ0) is 97.8. The van der Waals surface area contributed by atoms with Crippen LogP contribution in [-0.2, 0) is 91.2 Å². The van der Waals surface area contributed by atoms with Gasteiger partial charge in [0.25, 0.3) is 0 Å². The third-order valence-electron chi connectivity index (χ3n) is 21.2. The third kappa shape index (κ3) is 31.6. The smallest absolute Gasteiger partial charge is 0.230 e. The van der Waals surface area contributed by atoms with Gasteiger partial charge >= 0.3 is 0 Å². The second kappa shape index (κ2) is 54.8. The Morgan fingerprint density at radius 1 is 0.534 bits per heavy atom. The van der Waals surface area contributed by atoms with Gasteiger partial charge in [-0.1, -0.05) is 165 Å². The maximum Gasteiger partial charge on any atom is 0.230 e. The maximum absolute atomic E-state index is 13.8. The van der Waals surface area contributed by atoms with E-state index < -0.39 is 17.0 Å². The summed E-state index contributed by atoms with van der Waals surface area (Å²) in [5, 5.41) is 38.4. The van der Waals surface area contributed by atoms with Gasteiger partial charge in [0, 0.05) is 136 Å². The van der Waals surface area contributed by atoms with E-state index >= 15 is 0 Å². The summed E-state index contributed by atoms with van der Waals surface area (Å²) in [7, 11) is 1.93. The van der Waals surface area contributed by atoms with E-state index in [0.29, 0.717) is 98.1 Å². The average Bonchev–Trinajstić information content (AvgIpc) is 1.20. The number of aliphatic hydroxyl groups excluding tert-OH is 1. The third-order valence-corrected chi connectivity index (χ3v) is 24.7. The largest absolute Gasteiger partial charge is 0.506 e. The summed E-state index contributed by atoms with van der Waals surface area (Å²) in [4.78, 5) is 121. The molecule has 4 heterocycles. The number of aliphatic hydroxyl groups is 1. The number of hydrogen-bond acceptors (Lipinski definition) is 25. The number of carbonyl (C=O) groups is 8. The highest BCUT2D eigenvalue weighted by atomic mass is 79.9. The molecule has 0 amide bonds. The molecule has 4 aromatic heterocycles. The standard InChI is InChI=1S/C25H26OS.C16H9BrN2O3S.C16H12ClFO2S.C14H21NOS.C11H12N2OS.C11H15NO3S.C10H8ClNOS/c1-18-4-10-21(11-5-18)25(16-24(26)17-27,22-12-6-19(2)7-13-22)23-14-8-20(3)9-15-23;17-9-1-2-14-11(4-9)15(21)12-3-8(6-18)13(5-10(20)7-23)19-16(12)22-14;17-11-6-5-10(7-12(19)9-21)14(8-11)16(20)13-3-1-2-4-15(13)18;1-4-15(5-2)13-7-6-12(11(3)8-13)9-14(16)10-17;1-13-10-5-3-2-4-9(10)12-11(13)6-8(14)7-15;1-7-11(15)10(3-2-9(14)6-16)8(5-13)4-12-7;11-9-2-1-7(5-12)8(3-9)4-10(13)6-14/h4-15,27H,16-17H2,1-3H3;1-4,23H,5,7H2;1-6,8,21H,7,9H2;6-8,17H,4-5,9-10H2,1-3H3;2-5,15H,6-7H2,1H3;4,13,15-16H,2-3,5-6H2,1H3;1-3,14H,4,6H2. The summed E-state index contributed by atoms with van der Waals surface area (Å²) in [5.74, 6) is 1.22. The number of aromatic nitrogens is 4. The van der Waals surface area contributed by atoms with Crippen molar-refractivity contribution in [2.24, 2.45) is 7.05 Å².